The lowest BCUT2D eigenvalue weighted by atomic mass is 9.90. The lowest BCUT2D eigenvalue weighted by Crippen LogP contribution is -2.60. The summed E-state index contributed by atoms with van der Waals surface area (Å²) in [6, 6.07) is 5.36. The molecule has 0 amide bonds. The van der Waals surface area contributed by atoms with Gasteiger partial charge in [-0.25, -0.2) is 4.39 Å². The van der Waals surface area contributed by atoms with Crippen LogP contribution in [0.15, 0.2) is 18.2 Å². The molecule has 100 valence electrons. The summed E-state index contributed by atoms with van der Waals surface area (Å²) >= 11 is 0. The molecule has 2 rings (SSSR count). The highest BCUT2D eigenvalue weighted by molar-refractivity contribution is 5.51. The van der Waals surface area contributed by atoms with Crippen LogP contribution in [0.4, 0.5) is 10.1 Å². The van der Waals surface area contributed by atoms with Gasteiger partial charge in [-0.15, -0.1) is 0 Å². The van der Waals surface area contributed by atoms with E-state index < -0.39 is 0 Å². The Kier molecular flexibility index (Phi) is 3.91. The first kappa shape index (κ1) is 13.3. The third-order valence-electron chi connectivity index (χ3n) is 4.17. The van der Waals surface area contributed by atoms with Crippen molar-refractivity contribution < 1.29 is 4.39 Å². The summed E-state index contributed by atoms with van der Waals surface area (Å²) in [6.45, 7) is 9.11. The van der Waals surface area contributed by atoms with E-state index >= 15 is 0 Å². The van der Waals surface area contributed by atoms with E-state index in [1.54, 1.807) is 6.07 Å². The quantitative estimate of drug-likeness (QED) is 0.886. The molecule has 1 heterocycles. The Morgan fingerprint density at radius 3 is 2.72 bits per heavy atom. The zero-order chi connectivity index (χ0) is 13.2. The van der Waals surface area contributed by atoms with Crippen molar-refractivity contribution in [3.05, 3.63) is 29.6 Å². The average molecular weight is 250 g/mol. The number of nitrogens with zero attached hydrogens (tertiary/aromatic N) is 1. The van der Waals surface area contributed by atoms with Crippen molar-refractivity contribution in [2.45, 2.75) is 39.2 Å². The fraction of sp³-hybridized carbons (Fsp3) is 0.600. The van der Waals surface area contributed by atoms with Crippen LogP contribution >= 0.6 is 0 Å². The predicted octanol–water partition coefficient (Wildman–Crippen LogP) is 3.10. The lowest BCUT2D eigenvalue weighted by molar-refractivity contribution is 0.276. The zero-order valence-electron chi connectivity index (χ0n) is 11.6. The maximum absolute atomic E-state index is 14.0. The summed E-state index contributed by atoms with van der Waals surface area (Å²) in [5, 5.41) is 3.60. The number of rotatable bonds is 3. The molecule has 1 N–H and O–H groups in total. The Morgan fingerprint density at radius 2 is 2.06 bits per heavy atom. The van der Waals surface area contributed by atoms with E-state index in [1.165, 1.54) is 0 Å². The molecule has 0 bridgehead atoms. The van der Waals surface area contributed by atoms with Crippen molar-refractivity contribution in [2.75, 3.05) is 24.5 Å². The first-order valence-electron chi connectivity index (χ1n) is 6.86. The summed E-state index contributed by atoms with van der Waals surface area (Å²) in [5.74, 6) is -0.108. The standard InChI is InChI=1S/C15H23FN2/c1-4-15(5-2)11-18(9-8-17-15)14-10-12(3)6-7-13(14)16/h6-7,10,17H,4-5,8-9,11H2,1-3H3. The van der Waals surface area contributed by atoms with Crippen LogP contribution < -0.4 is 10.2 Å². The number of nitrogens with one attached hydrogen (secondary N) is 1. The Labute approximate surface area is 109 Å². The molecule has 0 spiro atoms. The van der Waals surface area contributed by atoms with Gasteiger partial charge in [0.05, 0.1) is 5.69 Å². The van der Waals surface area contributed by atoms with Crippen LogP contribution in [0, 0.1) is 12.7 Å². The number of piperazine rings is 1. The zero-order valence-corrected chi connectivity index (χ0v) is 11.6. The number of hydrogen-bond donors (Lipinski definition) is 1. The molecule has 1 aromatic rings. The van der Waals surface area contributed by atoms with Crippen molar-refractivity contribution >= 4 is 5.69 Å². The van der Waals surface area contributed by atoms with Crippen LogP contribution in [-0.2, 0) is 0 Å². The molecule has 2 nitrogen and oxygen atoms in total. The minimum absolute atomic E-state index is 0.108. The van der Waals surface area contributed by atoms with Crippen LogP contribution in [0.3, 0.4) is 0 Å². The molecule has 0 radical (unpaired) electrons. The molecule has 1 aromatic carbocycles. The molecule has 1 saturated heterocycles. The second-order valence-corrected chi connectivity index (χ2v) is 5.29. The number of hydrogen-bond acceptors (Lipinski definition) is 2. The van der Waals surface area contributed by atoms with Gasteiger partial charge >= 0.3 is 0 Å². The summed E-state index contributed by atoms with van der Waals surface area (Å²) in [5.41, 5.74) is 2.00. The first-order valence-corrected chi connectivity index (χ1v) is 6.86. The van der Waals surface area contributed by atoms with E-state index in [-0.39, 0.29) is 11.4 Å². The van der Waals surface area contributed by atoms with E-state index in [2.05, 4.69) is 24.1 Å². The van der Waals surface area contributed by atoms with Gasteiger partial charge in [0.15, 0.2) is 0 Å². The molecular weight excluding hydrogens is 227 g/mol. The predicted molar refractivity (Wildman–Crippen MR) is 74.7 cm³/mol. The highest BCUT2D eigenvalue weighted by Crippen LogP contribution is 2.27. The fourth-order valence-electron chi connectivity index (χ4n) is 2.75. The van der Waals surface area contributed by atoms with Crippen molar-refractivity contribution in [3.8, 4) is 0 Å². The second kappa shape index (κ2) is 5.27. The smallest absolute Gasteiger partial charge is 0.146 e. The summed E-state index contributed by atoms with van der Waals surface area (Å²) in [6.07, 6.45) is 2.15. The number of benzene rings is 1. The molecule has 1 aliphatic heterocycles. The first-order chi connectivity index (χ1) is 8.60. The maximum Gasteiger partial charge on any atom is 0.146 e. The van der Waals surface area contributed by atoms with Crippen LogP contribution in [0.5, 0.6) is 0 Å². The number of anilines is 1. The molecule has 18 heavy (non-hydrogen) atoms. The molecule has 0 aliphatic carbocycles. The van der Waals surface area contributed by atoms with Crippen LogP contribution in [0.1, 0.15) is 32.3 Å². The van der Waals surface area contributed by atoms with Gasteiger partial charge in [-0.05, 0) is 37.5 Å². The van der Waals surface area contributed by atoms with Crippen molar-refractivity contribution in [1.29, 1.82) is 0 Å². The highest BCUT2D eigenvalue weighted by atomic mass is 19.1. The van der Waals surface area contributed by atoms with E-state index in [0.717, 1.165) is 43.7 Å². The highest BCUT2D eigenvalue weighted by Gasteiger charge is 2.32. The van der Waals surface area contributed by atoms with Crippen molar-refractivity contribution in [2.24, 2.45) is 0 Å². The summed E-state index contributed by atoms with van der Waals surface area (Å²) < 4.78 is 14.0. The van der Waals surface area contributed by atoms with E-state index in [9.17, 15) is 4.39 Å². The van der Waals surface area contributed by atoms with Gasteiger partial charge < -0.3 is 10.2 Å². The normalized spacial score (nSPS) is 19.0. The largest absolute Gasteiger partial charge is 0.366 e. The molecule has 0 unspecified atom stereocenters. The number of halogens is 1. The topological polar surface area (TPSA) is 15.3 Å². The van der Waals surface area contributed by atoms with E-state index in [0.29, 0.717) is 0 Å². The van der Waals surface area contributed by atoms with Gasteiger partial charge in [0.1, 0.15) is 5.82 Å². The summed E-state index contributed by atoms with van der Waals surface area (Å²) in [4.78, 5) is 2.19. The minimum atomic E-state index is -0.108. The van der Waals surface area contributed by atoms with Gasteiger partial charge in [-0.3, -0.25) is 0 Å². The van der Waals surface area contributed by atoms with Crippen molar-refractivity contribution in [3.63, 3.8) is 0 Å². The third-order valence-corrected chi connectivity index (χ3v) is 4.17. The maximum atomic E-state index is 14.0. The molecule has 1 aliphatic rings. The fourth-order valence-corrected chi connectivity index (χ4v) is 2.75. The van der Waals surface area contributed by atoms with Crippen LogP contribution in [0.2, 0.25) is 0 Å². The monoisotopic (exact) mass is 250 g/mol. The summed E-state index contributed by atoms with van der Waals surface area (Å²) in [7, 11) is 0. The molecule has 1 fully saturated rings. The lowest BCUT2D eigenvalue weighted by Gasteiger charge is -2.44. The Balaban J connectivity index is 2.25. The van der Waals surface area contributed by atoms with Gasteiger partial charge in [0, 0.05) is 25.2 Å². The SMILES string of the molecule is CCC1(CC)CN(c2cc(C)ccc2F)CCN1. The van der Waals surface area contributed by atoms with Crippen LogP contribution in [-0.4, -0.2) is 25.2 Å². The third kappa shape index (κ3) is 2.51. The second-order valence-electron chi connectivity index (χ2n) is 5.29. The van der Waals surface area contributed by atoms with Crippen LogP contribution in [0.25, 0.3) is 0 Å². The van der Waals surface area contributed by atoms with Gasteiger partial charge in [0.25, 0.3) is 0 Å². The minimum Gasteiger partial charge on any atom is -0.366 e. The number of aryl methyl sites for hydroxylation is 1. The molecule has 0 atom stereocenters. The molecular formula is C15H23FN2. The molecule has 0 aromatic heterocycles. The Bertz CT molecular complexity index is 413. The Hall–Kier alpha value is -1.09. The Morgan fingerprint density at radius 1 is 1.33 bits per heavy atom. The van der Waals surface area contributed by atoms with E-state index in [4.69, 9.17) is 0 Å². The van der Waals surface area contributed by atoms with Gasteiger partial charge in [0.2, 0.25) is 0 Å². The van der Waals surface area contributed by atoms with Gasteiger partial charge in [-0.1, -0.05) is 19.9 Å². The van der Waals surface area contributed by atoms with Crippen molar-refractivity contribution in [1.82, 2.24) is 5.32 Å². The molecule has 0 saturated carbocycles. The molecule has 3 heteroatoms. The van der Waals surface area contributed by atoms with E-state index in [1.807, 2.05) is 19.1 Å². The van der Waals surface area contributed by atoms with Gasteiger partial charge in [-0.2, -0.15) is 0 Å². The average Bonchev–Trinajstić information content (AvgIpc) is 2.41.